The number of nitrogens with zero attached hydrogens (tertiary/aromatic N) is 2. The first-order valence-electron chi connectivity index (χ1n) is 9.16. The summed E-state index contributed by atoms with van der Waals surface area (Å²) in [6.07, 6.45) is 4.50. The first-order chi connectivity index (χ1) is 13.7. The number of pyridine rings is 1. The average Bonchev–Trinajstić information content (AvgIpc) is 2.77. The standard InChI is InChI=1S/C23H24N2O3/c1-27-21-12-10-20(11-13-21)25(17-18-6-5-15-24-16-18)23(26)14-9-19-7-3-4-8-22(19)28-2/h3-8,10-13,15-16H,9,14,17H2,1-2H3. The van der Waals surface area contributed by atoms with Crippen molar-refractivity contribution < 1.29 is 14.3 Å². The lowest BCUT2D eigenvalue weighted by molar-refractivity contribution is -0.118. The highest BCUT2D eigenvalue weighted by Gasteiger charge is 2.17. The molecule has 0 bridgehead atoms. The van der Waals surface area contributed by atoms with Crippen molar-refractivity contribution >= 4 is 11.6 Å². The van der Waals surface area contributed by atoms with Crippen molar-refractivity contribution in [2.75, 3.05) is 19.1 Å². The zero-order valence-corrected chi connectivity index (χ0v) is 16.2. The molecule has 0 atom stereocenters. The number of para-hydroxylation sites is 1. The lowest BCUT2D eigenvalue weighted by Gasteiger charge is -2.23. The highest BCUT2D eigenvalue weighted by atomic mass is 16.5. The summed E-state index contributed by atoms with van der Waals surface area (Å²) in [6, 6.07) is 19.2. The molecule has 0 aliphatic carbocycles. The number of hydrogen-bond acceptors (Lipinski definition) is 4. The summed E-state index contributed by atoms with van der Waals surface area (Å²) in [6.45, 7) is 0.463. The van der Waals surface area contributed by atoms with Gasteiger partial charge in [0.25, 0.3) is 0 Å². The van der Waals surface area contributed by atoms with Crippen LogP contribution >= 0.6 is 0 Å². The van der Waals surface area contributed by atoms with E-state index in [0.29, 0.717) is 19.4 Å². The van der Waals surface area contributed by atoms with Gasteiger partial charge in [-0.1, -0.05) is 24.3 Å². The van der Waals surface area contributed by atoms with Crippen molar-refractivity contribution in [1.82, 2.24) is 4.98 Å². The van der Waals surface area contributed by atoms with Crippen LogP contribution in [-0.2, 0) is 17.8 Å². The third kappa shape index (κ3) is 4.88. The molecule has 3 rings (SSSR count). The van der Waals surface area contributed by atoms with Gasteiger partial charge in [-0.05, 0) is 53.9 Å². The Morgan fingerprint density at radius 1 is 0.964 bits per heavy atom. The number of anilines is 1. The van der Waals surface area contributed by atoms with Crippen molar-refractivity contribution in [3.05, 3.63) is 84.2 Å². The topological polar surface area (TPSA) is 51.7 Å². The summed E-state index contributed by atoms with van der Waals surface area (Å²) < 4.78 is 10.6. The van der Waals surface area contributed by atoms with E-state index in [-0.39, 0.29) is 5.91 Å². The predicted molar refractivity (Wildman–Crippen MR) is 110 cm³/mol. The third-order valence-electron chi connectivity index (χ3n) is 4.55. The van der Waals surface area contributed by atoms with Gasteiger partial charge in [-0.3, -0.25) is 9.78 Å². The number of aromatic nitrogens is 1. The van der Waals surface area contributed by atoms with Gasteiger partial charge in [-0.15, -0.1) is 0 Å². The Morgan fingerprint density at radius 3 is 2.43 bits per heavy atom. The van der Waals surface area contributed by atoms with Gasteiger partial charge in [0.1, 0.15) is 11.5 Å². The Balaban J connectivity index is 1.79. The number of amides is 1. The van der Waals surface area contributed by atoms with E-state index in [2.05, 4.69) is 4.98 Å². The summed E-state index contributed by atoms with van der Waals surface area (Å²) in [5.74, 6) is 1.60. The van der Waals surface area contributed by atoms with E-state index in [1.807, 2.05) is 60.7 Å². The Morgan fingerprint density at radius 2 is 1.75 bits per heavy atom. The fourth-order valence-electron chi connectivity index (χ4n) is 3.05. The molecular formula is C23H24N2O3. The normalized spacial score (nSPS) is 10.4. The fraction of sp³-hybridized carbons (Fsp3) is 0.217. The summed E-state index contributed by atoms with van der Waals surface area (Å²) in [4.78, 5) is 19.1. The van der Waals surface area contributed by atoms with Gasteiger partial charge < -0.3 is 14.4 Å². The molecule has 0 spiro atoms. The molecule has 5 nitrogen and oxygen atoms in total. The van der Waals surface area contributed by atoms with Crippen molar-refractivity contribution in [1.29, 1.82) is 0 Å². The molecule has 1 amide bonds. The molecule has 28 heavy (non-hydrogen) atoms. The van der Waals surface area contributed by atoms with E-state index in [0.717, 1.165) is 28.3 Å². The maximum atomic E-state index is 13.1. The fourth-order valence-corrected chi connectivity index (χ4v) is 3.05. The van der Waals surface area contributed by atoms with Crippen LogP contribution in [0.5, 0.6) is 11.5 Å². The van der Waals surface area contributed by atoms with Gasteiger partial charge in [0, 0.05) is 24.5 Å². The lowest BCUT2D eigenvalue weighted by Crippen LogP contribution is -2.30. The quantitative estimate of drug-likeness (QED) is 0.589. The summed E-state index contributed by atoms with van der Waals surface area (Å²) >= 11 is 0. The maximum absolute atomic E-state index is 13.1. The van der Waals surface area contributed by atoms with Crippen LogP contribution in [0, 0.1) is 0 Å². The van der Waals surface area contributed by atoms with Crippen molar-refractivity contribution in [3.8, 4) is 11.5 Å². The van der Waals surface area contributed by atoms with Crippen LogP contribution in [-0.4, -0.2) is 25.1 Å². The average molecular weight is 376 g/mol. The van der Waals surface area contributed by atoms with Gasteiger partial charge in [-0.25, -0.2) is 0 Å². The SMILES string of the molecule is COc1ccc(N(Cc2cccnc2)C(=O)CCc2ccccc2OC)cc1. The van der Waals surface area contributed by atoms with E-state index in [1.54, 1.807) is 31.5 Å². The summed E-state index contributed by atoms with van der Waals surface area (Å²) in [5, 5.41) is 0. The van der Waals surface area contributed by atoms with Crippen LogP contribution in [0.15, 0.2) is 73.1 Å². The second-order valence-electron chi connectivity index (χ2n) is 6.35. The van der Waals surface area contributed by atoms with Gasteiger partial charge in [0.05, 0.1) is 20.8 Å². The van der Waals surface area contributed by atoms with Crippen LogP contribution in [0.25, 0.3) is 0 Å². The molecule has 0 saturated carbocycles. The van der Waals surface area contributed by atoms with Crippen LogP contribution in [0.2, 0.25) is 0 Å². The van der Waals surface area contributed by atoms with E-state index in [1.165, 1.54) is 0 Å². The molecule has 0 unspecified atom stereocenters. The van der Waals surface area contributed by atoms with E-state index >= 15 is 0 Å². The highest BCUT2D eigenvalue weighted by molar-refractivity contribution is 5.93. The van der Waals surface area contributed by atoms with Crippen molar-refractivity contribution in [3.63, 3.8) is 0 Å². The number of rotatable bonds is 8. The number of carbonyl (C=O) groups excluding carboxylic acids is 1. The van der Waals surface area contributed by atoms with Gasteiger partial charge in [0.15, 0.2) is 0 Å². The predicted octanol–water partition coefficient (Wildman–Crippen LogP) is 4.26. The largest absolute Gasteiger partial charge is 0.497 e. The van der Waals surface area contributed by atoms with E-state index in [9.17, 15) is 4.79 Å². The van der Waals surface area contributed by atoms with E-state index < -0.39 is 0 Å². The van der Waals surface area contributed by atoms with Crippen molar-refractivity contribution in [2.24, 2.45) is 0 Å². The minimum atomic E-state index is 0.0416. The zero-order valence-electron chi connectivity index (χ0n) is 16.2. The molecule has 144 valence electrons. The van der Waals surface area contributed by atoms with E-state index in [4.69, 9.17) is 9.47 Å². The van der Waals surface area contributed by atoms with Crippen LogP contribution in [0.3, 0.4) is 0 Å². The number of aryl methyl sites for hydroxylation is 1. The van der Waals surface area contributed by atoms with Gasteiger partial charge >= 0.3 is 0 Å². The molecule has 1 heterocycles. The molecule has 0 fully saturated rings. The molecule has 1 aromatic heterocycles. The number of hydrogen-bond donors (Lipinski definition) is 0. The molecule has 0 radical (unpaired) electrons. The Kier molecular flexibility index (Phi) is 6.63. The number of ether oxygens (including phenoxy) is 2. The lowest BCUT2D eigenvalue weighted by atomic mass is 10.1. The van der Waals surface area contributed by atoms with Crippen LogP contribution < -0.4 is 14.4 Å². The molecule has 3 aromatic rings. The summed E-state index contributed by atoms with van der Waals surface area (Å²) in [5.41, 5.74) is 2.83. The molecule has 0 saturated heterocycles. The molecule has 2 aromatic carbocycles. The Labute approximate surface area is 165 Å². The molecular weight excluding hydrogens is 352 g/mol. The summed E-state index contributed by atoms with van der Waals surface area (Å²) in [7, 11) is 3.27. The molecule has 0 N–H and O–H groups in total. The zero-order chi connectivity index (χ0) is 19.8. The molecule has 0 aliphatic heterocycles. The smallest absolute Gasteiger partial charge is 0.227 e. The Hall–Kier alpha value is -3.34. The molecule has 0 aliphatic rings. The first kappa shape index (κ1) is 19.4. The number of benzene rings is 2. The van der Waals surface area contributed by atoms with Crippen LogP contribution in [0.4, 0.5) is 5.69 Å². The first-order valence-corrected chi connectivity index (χ1v) is 9.16. The molecule has 5 heteroatoms. The van der Waals surface area contributed by atoms with Gasteiger partial charge in [-0.2, -0.15) is 0 Å². The number of carbonyl (C=O) groups is 1. The highest BCUT2D eigenvalue weighted by Crippen LogP contribution is 2.24. The monoisotopic (exact) mass is 376 g/mol. The minimum absolute atomic E-state index is 0.0416. The minimum Gasteiger partial charge on any atom is -0.497 e. The maximum Gasteiger partial charge on any atom is 0.227 e. The Bertz CT molecular complexity index is 895. The second-order valence-corrected chi connectivity index (χ2v) is 6.35. The van der Waals surface area contributed by atoms with Crippen LogP contribution in [0.1, 0.15) is 17.5 Å². The van der Waals surface area contributed by atoms with Gasteiger partial charge in [0.2, 0.25) is 5.91 Å². The van der Waals surface area contributed by atoms with Crippen molar-refractivity contribution in [2.45, 2.75) is 19.4 Å². The number of methoxy groups -OCH3 is 2. The third-order valence-corrected chi connectivity index (χ3v) is 4.55. The second kappa shape index (κ2) is 9.55.